The summed E-state index contributed by atoms with van der Waals surface area (Å²) >= 11 is 0. The highest BCUT2D eigenvalue weighted by Crippen LogP contribution is 2.33. The van der Waals surface area contributed by atoms with Gasteiger partial charge in [0, 0.05) is 5.56 Å². The van der Waals surface area contributed by atoms with E-state index in [1.54, 1.807) is 0 Å². The molecular formula is C13H18O2. The monoisotopic (exact) mass is 206 g/mol. The van der Waals surface area contributed by atoms with Crippen molar-refractivity contribution >= 4 is 0 Å². The van der Waals surface area contributed by atoms with Gasteiger partial charge in [-0.25, -0.2) is 0 Å². The Morgan fingerprint density at radius 1 is 1.13 bits per heavy atom. The fourth-order valence-electron chi connectivity index (χ4n) is 1.94. The molecule has 0 saturated carbocycles. The second kappa shape index (κ2) is 3.86. The van der Waals surface area contributed by atoms with Crippen LogP contribution in [0, 0.1) is 0 Å². The van der Waals surface area contributed by atoms with Crippen LogP contribution in [0.2, 0.25) is 0 Å². The number of hydrogen-bond donors (Lipinski definition) is 0. The minimum absolute atomic E-state index is 0.141. The second-order valence-corrected chi connectivity index (χ2v) is 4.93. The van der Waals surface area contributed by atoms with Crippen molar-refractivity contribution < 1.29 is 9.47 Å². The molecule has 0 spiro atoms. The predicted octanol–water partition coefficient (Wildman–Crippen LogP) is 2.89. The first-order valence-electron chi connectivity index (χ1n) is 5.42. The molecule has 1 heterocycles. The Labute approximate surface area is 91.2 Å². The summed E-state index contributed by atoms with van der Waals surface area (Å²) in [6.07, 6.45) is 0. The van der Waals surface area contributed by atoms with Crippen LogP contribution in [0.1, 0.15) is 31.9 Å². The molecule has 2 rings (SSSR count). The van der Waals surface area contributed by atoms with Crippen LogP contribution in [-0.4, -0.2) is 13.2 Å². The Balaban J connectivity index is 2.48. The molecule has 1 aliphatic heterocycles. The van der Waals surface area contributed by atoms with E-state index in [-0.39, 0.29) is 5.41 Å². The van der Waals surface area contributed by atoms with E-state index in [0.29, 0.717) is 19.8 Å². The van der Waals surface area contributed by atoms with Crippen molar-refractivity contribution in [2.24, 2.45) is 0 Å². The van der Waals surface area contributed by atoms with Crippen LogP contribution >= 0.6 is 0 Å². The number of benzene rings is 1. The zero-order chi connectivity index (χ0) is 10.9. The first-order chi connectivity index (χ1) is 7.09. The summed E-state index contributed by atoms with van der Waals surface area (Å²) in [6, 6.07) is 6.25. The lowest BCUT2D eigenvalue weighted by Gasteiger charge is -2.23. The maximum Gasteiger partial charge on any atom is 0.125 e. The average Bonchev–Trinajstić information content (AvgIpc) is 2.39. The lowest BCUT2D eigenvalue weighted by Crippen LogP contribution is -2.14. The van der Waals surface area contributed by atoms with Crippen molar-refractivity contribution in [3.05, 3.63) is 29.3 Å². The van der Waals surface area contributed by atoms with Crippen LogP contribution in [0.25, 0.3) is 0 Å². The average molecular weight is 206 g/mol. The molecule has 0 saturated heterocycles. The van der Waals surface area contributed by atoms with E-state index in [9.17, 15) is 0 Å². The summed E-state index contributed by atoms with van der Waals surface area (Å²) < 4.78 is 11.2. The van der Waals surface area contributed by atoms with Gasteiger partial charge in [0.15, 0.2) is 0 Å². The zero-order valence-electron chi connectivity index (χ0n) is 9.67. The molecule has 0 aliphatic carbocycles. The Bertz CT molecular complexity index is 350. The molecule has 0 fully saturated rings. The van der Waals surface area contributed by atoms with Gasteiger partial charge in [-0.1, -0.05) is 32.9 Å². The van der Waals surface area contributed by atoms with Crippen LogP contribution in [0.15, 0.2) is 18.2 Å². The van der Waals surface area contributed by atoms with Gasteiger partial charge in [-0.2, -0.15) is 0 Å². The fourth-order valence-corrected chi connectivity index (χ4v) is 1.94. The molecular weight excluding hydrogens is 188 g/mol. The normalized spacial score (nSPS) is 16.5. The van der Waals surface area contributed by atoms with Crippen LogP contribution in [-0.2, 0) is 16.8 Å². The molecule has 0 radical (unpaired) electrons. The van der Waals surface area contributed by atoms with Gasteiger partial charge < -0.3 is 9.47 Å². The summed E-state index contributed by atoms with van der Waals surface area (Å²) in [5, 5.41) is 0. The highest BCUT2D eigenvalue weighted by atomic mass is 16.5. The molecule has 82 valence electrons. The molecule has 1 aliphatic rings. The summed E-state index contributed by atoms with van der Waals surface area (Å²) in [5.74, 6) is 0.986. The maximum absolute atomic E-state index is 5.66. The minimum Gasteiger partial charge on any atom is -0.491 e. The molecule has 15 heavy (non-hydrogen) atoms. The van der Waals surface area contributed by atoms with Crippen molar-refractivity contribution in [2.45, 2.75) is 32.8 Å². The second-order valence-electron chi connectivity index (χ2n) is 4.93. The molecule has 1 aromatic rings. The van der Waals surface area contributed by atoms with E-state index in [2.05, 4.69) is 32.9 Å². The largest absolute Gasteiger partial charge is 0.491 e. The van der Waals surface area contributed by atoms with Gasteiger partial charge >= 0.3 is 0 Å². The SMILES string of the molecule is CC(C)(C)c1cccc2c1COCCO2. The Morgan fingerprint density at radius 2 is 1.93 bits per heavy atom. The molecule has 0 bridgehead atoms. The molecule has 2 heteroatoms. The zero-order valence-corrected chi connectivity index (χ0v) is 9.67. The van der Waals surface area contributed by atoms with Crippen LogP contribution < -0.4 is 4.74 Å². The van der Waals surface area contributed by atoms with E-state index in [1.165, 1.54) is 11.1 Å². The topological polar surface area (TPSA) is 18.5 Å². The molecule has 0 unspecified atom stereocenters. The lowest BCUT2D eigenvalue weighted by molar-refractivity contribution is 0.106. The molecule has 0 aromatic heterocycles. The number of hydrogen-bond acceptors (Lipinski definition) is 2. The van der Waals surface area contributed by atoms with E-state index in [1.807, 2.05) is 6.07 Å². The third-order valence-corrected chi connectivity index (χ3v) is 2.67. The molecule has 0 amide bonds. The Kier molecular flexibility index (Phi) is 2.70. The van der Waals surface area contributed by atoms with Crippen LogP contribution in [0.4, 0.5) is 0 Å². The van der Waals surface area contributed by atoms with E-state index in [4.69, 9.17) is 9.47 Å². The van der Waals surface area contributed by atoms with Crippen LogP contribution in [0.3, 0.4) is 0 Å². The van der Waals surface area contributed by atoms with Crippen LogP contribution in [0.5, 0.6) is 5.75 Å². The standard InChI is InChI=1S/C13H18O2/c1-13(2,3)11-5-4-6-12-10(11)9-14-7-8-15-12/h4-6H,7-9H2,1-3H3. The Hall–Kier alpha value is -1.02. The third-order valence-electron chi connectivity index (χ3n) is 2.67. The summed E-state index contributed by atoms with van der Waals surface area (Å²) in [6.45, 7) is 8.65. The first kappa shape index (κ1) is 10.5. The van der Waals surface area contributed by atoms with Gasteiger partial charge in [-0.3, -0.25) is 0 Å². The quantitative estimate of drug-likeness (QED) is 0.650. The highest BCUT2D eigenvalue weighted by molar-refractivity contribution is 5.43. The number of fused-ring (bicyclic) bond motifs is 1. The summed E-state index contributed by atoms with van der Waals surface area (Å²) in [5.41, 5.74) is 2.67. The van der Waals surface area contributed by atoms with Gasteiger partial charge in [0.1, 0.15) is 12.4 Å². The number of rotatable bonds is 0. The van der Waals surface area contributed by atoms with Crippen molar-refractivity contribution in [3.8, 4) is 5.75 Å². The molecule has 0 atom stereocenters. The van der Waals surface area contributed by atoms with Gasteiger partial charge in [0.25, 0.3) is 0 Å². The van der Waals surface area contributed by atoms with Gasteiger partial charge in [0.2, 0.25) is 0 Å². The first-order valence-corrected chi connectivity index (χ1v) is 5.42. The number of ether oxygens (including phenoxy) is 2. The van der Waals surface area contributed by atoms with Crippen molar-refractivity contribution in [1.82, 2.24) is 0 Å². The van der Waals surface area contributed by atoms with Gasteiger partial charge in [-0.05, 0) is 17.0 Å². The van der Waals surface area contributed by atoms with Gasteiger partial charge in [-0.15, -0.1) is 0 Å². The molecule has 1 aromatic carbocycles. The Morgan fingerprint density at radius 3 is 2.67 bits per heavy atom. The van der Waals surface area contributed by atoms with Crippen molar-refractivity contribution in [2.75, 3.05) is 13.2 Å². The third kappa shape index (κ3) is 2.15. The minimum atomic E-state index is 0.141. The maximum atomic E-state index is 5.66. The van der Waals surface area contributed by atoms with E-state index < -0.39 is 0 Å². The highest BCUT2D eigenvalue weighted by Gasteiger charge is 2.21. The van der Waals surface area contributed by atoms with E-state index in [0.717, 1.165) is 5.75 Å². The van der Waals surface area contributed by atoms with Crippen molar-refractivity contribution in [1.29, 1.82) is 0 Å². The molecule has 2 nitrogen and oxygen atoms in total. The fraction of sp³-hybridized carbons (Fsp3) is 0.538. The summed E-state index contributed by atoms with van der Waals surface area (Å²) in [4.78, 5) is 0. The van der Waals surface area contributed by atoms with Crippen molar-refractivity contribution in [3.63, 3.8) is 0 Å². The predicted molar refractivity (Wildman–Crippen MR) is 60.3 cm³/mol. The van der Waals surface area contributed by atoms with Gasteiger partial charge in [0.05, 0.1) is 13.2 Å². The summed E-state index contributed by atoms with van der Waals surface area (Å²) in [7, 11) is 0. The smallest absolute Gasteiger partial charge is 0.125 e. The van der Waals surface area contributed by atoms with E-state index >= 15 is 0 Å². The molecule has 0 N–H and O–H groups in total. The lowest BCUT2D eigenvalue weighted by atomic mass is 9.83.